The third kappa shape index (κ3) is 3.01. The molecule has 0 unspecified atom stereocenters. The van der Waals surface area contributed by atoms with Crippen molar-refractivity contribution >= 4 is 11.8 Å². The van der Waals surface area contributed by atoms with E-state index in [1.807, 2.05) is 4.90 Å². The molecular weight excluding hydrogens is 322 g/mol. The summed E-state index contributed by atoms with van der Waals surface area (Å²) in [5.41, 5.74) is 0.547. The minimum Gasteiger partial charge on any atom is -0.423 e. The monoisotopic (exact) mass is 339 g/mol. The number of nitriles is 1. The van der Waals surface area contributed by atoms with E-state index in [0.717, 1.165) is 12.8 Å². The quantitative estimate of drug-likeness (QED) is 0.897. The lowest BCUT2D eigenvalue weighted by Crippen LogP contribution is -2.49. The van der Waals surface area contributed by atoms with Gasteiger partial charge in [0, 0.05) is 44.4 Å². The van der Waals surface area contributed by atoms with E-state index in [2.05, 4.69) is 16.0 Å². The predicted octanol–water partition coefficient (Wildman–Crippen LogP) is 1.07. The molecule has 0 radical (unpaired) electrons. The summed E-state index contributed by atoms with van der Waals surface area (Å²) in [5, 5.41) is 9.28. The fourth-order valence-corrected chi connectivity index (χ4v) is 2.96. The van der Waals surface area contributed by atoms with E-state index in [9.17, 15) is 14.9 Å². The van der Waals surface area contributed by atoms with Crippen LogP contribution in [0.25, 0.3) is 0 Å². The number of nitrogens with zero attached hydrogens (tertiary/aromatic N) is 4. The fourth-order valence-electron chi connectivity index (χ4n) is 2.96. The highest BCUT2D eigenvalue weighted by Crippen LogP contribution is 2.41. The van der Waals surface area contributed by atoms with Crippen LogP contribution in [0.2, 0.25) is 0 Å². The molecule has 1 aliphatic heterocycles. The van der Waals surface area contributed by atoms with Gasteiger partial charge in [-0.15, -0.1) is 0 Å². The third-order valence-electron chi connectivity index (χ3n) is 4.54. The normalized spacial score (nSPS) is 17.4. The number of nitrogens with one attached hydrogen (secondary N) is 1. The highest BCUT2D eigenvalue weighted by atomic mass is 16.4. The number of piperazine rings is 1. The summed E-state index contributed by atoms with van der Waals surface area (Å²) in [5.74, 6) is 1.40. The van der Waals surface area contributed by atoms with E-state index in [1.165, 1.54) is 18.3 Å². The summed E-state index contributed by atoms with van der Waals surface area (Å²) in [6.45, 7) is 2.18. The molecule has 1 aliphatic carbocycles. The first-order valence-corrected chi connectivity index (χ1v) is 8.29. The Hall–Kier alpha value is -3.08. The van der Waals surface area contributed by atoms with E-state index in [1.54, 1.807) is 4.90 Å². The number of hydrogen-bond acceptors (Lipinski definition) is 6. The first-order chi connectivity index (χ1) is 12.2. The molecule has 3 heterocycles. The Morgan fingerprint density at radius 1 is 1.28 bits per heavy atom. The maximum Gasteiger partial charge on any atom is 0.255 e. The second-order valence-corrected chi connectivity index (χ2v) is 6.31. The summed E-state index contributed by atoms with van der Waals surface area (Å²) in [6.07, 6.45) is 3.56. The zero-order chi connectivity index (χ0) is 17.4. The van der Waals surface area contributed by atoms with Gasteiger partial charge in [0.25, 0.3) is 5.91 Å². The number of pyridine rings is 1. The average Bonchev–Trinajstić information content (AvgIpc) is 3.41. The van der Waals surface area contributed by atoms with Gasteiger partial charge in [-0.1, -0.05) is 0 Å². The van der Waals surface area contributed by atoms with Crippen molar-refractivity contribution in [1.29, 1.82) is 5.26 Å². The van der Waals surface area contributed by atoms with Crippen LogP contribution in [0.15, 0.2) is 27.5 Å². The lowest BCUT2D eigenvalue weighted by atomic mass is 10.2. The van der Waals surface area contributed by atoms with E-state index in [0.29, 0.717) is 55.1 Å². The van der Waals surface area contributed by atoms with Crippen LogP contribution in [0.3, 0.4) is 0 Å². The molecule has 1 N–H and O–H groups in total. The van der Waals surface area contributed by atoms with Crippen LogP contribution in [0.4, 0.5) is 5.88 Å². The van der Waals surface area contributed by atoms with Crippen LogP contribution in [-0.4, -0.2) is 47.0 Å². The van der Waals surface area contributed by atoms with Crippen molar-refractivity contribution in [2.45, 2.75) is 18.8 Å². The first-order valence-electron chi connectivity index (χ1n) is 8.29. The zero-order valence-electron chi connectivity index (χ0n) is 13.6. The summed E-state index contributed by atoms with van der Waals surface area (Å²) in [4.78, 5) is 34.1. The number of oxazole rings is 1. The minimum absolute atomic E-state index is 0.118. The first kappa shape index (κ1) is 15.4. The van der Waals surface area contributed by atoms with Crippen molar-refractivity contribution in [1.82, 2.24) is 14.9 Å². The SMILES string of the molecule is N#Cc1nc(C2CC2)oc1N1CCN(C(=O)c2ccc(=O)[nH]c2)CC1. The van der Waals surface area contributed by atoms with Gasteiger partial charge in [0.15, 0.2) is 0 Å². The maximum atomic E-state index is 12.5. The molecule has 0 atom stereocenters. The summed E-state index contributed by atoms with van der Waals surface area (Å²) in [7, 11) is 0. The summed E-state index contributed by atoms with van der Waals surface area (Å²) >= 11 is 0. The number of amides is 1. The van der Waals surface area contributed by atoms with E-state index in [4.69, 9.17) is 4.42 Å². The number of aromatic amines is 1. The van der Waals surface area contributed by atoms with Crippen LogP contribution < -0.4 is 10.5 Å². The number of rotatable bonds is 3. The Morgan fingerprint density at radius 2 is 2.04 bits per heavy atom. The molecule has 1 saturated heterocycles. The number of carbonyl (C=O) groups excluding carboxylic acids is 1. The molecule has 0 bridgehead atoms. The molecule has 128 valence electrons. The van der Waals surface area contributed by atoms with Gasteiger partial charge < -0.3 is 19.2 Å². The molecule has 0 aromatic carbocycles. The van der Waals surface area contributed by atoms with Gasteiger partial charge in [0.1, 0.15) is 6.07 Å². The lowest BCUT2D eigenvalue weighted by Gasteiger charge is -2.34. The molecule has 1 saturated carbocycles. The second-order valence-electron chi connectivity index (χ2n) is 6.31. The van der Waals surface area contributed by atoms with Gasteiger partial charge in [0.2, 0.25) is 23.0 Å². The van der Waals surface area contributed by atoms with E-state index in [-0.39, 0.29) is 11.5 Å². The van der Waals surface area contributed by atoms with Crippen LogP contribution >= 0.6 is 0 Å². The molecule has 2 fully saturated rings. The summed E-state index contributed by atoms with van der Waals surface area (Å²) < 4.78 is 5.81. The third-order valence-corrected chi connectivity index (χ3v) is 4.54. The molecule has 4 rings (SSSR count). The molecule has 2 aromatic heterocycles. The van der Waals surface area contributed by atoms with E-state index >= 15 is 0 Å². The Kier molecular flexibility index (Phi) is 3.76. The van der Waals surface area contributed by atoms with Gasteiger partial charge in [-0.3, -0.25) is 9.59 Å². The standard InChI is InChI=1S/C17H17N5O3/c18-9-13-17(25-15(20-13)11-1-2-11)22-7-5-21(6-8-22)16(24)12-3-4-14(23)19-10-12/h3-4,10-11H,1-2,5-8H2,(H,19,23). The second kappa shape index (κ2) is 6.09. The van der Waals surface area contributed by atoms with Crippen LogP contribution in [0.5, 0.6) is 0 Å². The molecule has 2 aromatic rings. The highest BCUT2D eigenvalue weighted by Gasteiger charge is 2.32. The van der Waals surface area contributed by atoms with Gasteiger partial charge in [-0.2, -0.15) is 5.26 Å². The topological polar surface area (TPSA) is 106 Å². The van der Waals surface area contributed by atoms with Crippen molar-refractivity contribution in [3.8, 4) is 6.07 Å². The smallest absolute Gasteiger partial charge is 0.255 e. The van der Waals surface area contributed by atoms with Gasteiger partial charge in [-0.25, -0.2) is 4.98 Å². The number of H-pyrrole nitrogens is 1. The predicted molar refractivity (Wildman–Crippen MR) is 88.4 cm³/mol. The number of aromatic nitrogens is 2. The highest BCUT2D eigenvalue weighted by molar-refractivity contribution is 5.94. The fraction of sp³-hybridized carbons (Fsp3) is 0.412. The van der Waals surface area contributed by atoms with Crippen LogP contribution in [0.1, 0.15) is 40.7 Å². The van der Waals surface area contributed by atoms with Gasteiger partial charge in [0.05, 0.1) is 5.56 Å². The average molecular weight is 339 g/mol. The molecule has 8 nitrogen and oxygen atoms in total. The number of carbonyl (C=O) groups is 1. The molecular formula is C17H17N5O3. The molecule has 0 spiro atoms. The van der Waals surface area contributed by atoms with Crippen molar-refractivity contribution < 1.29 is 9.21 Å². The summed E-state index contributed by atoms with van der Waals surface area (Å²) in [6, 6.07) is 4.97. The lowest BCUT2D eigenvalue weighted by molar-refractivity contribution is 0.0745. The van der Waals surface area contributed by atoms with Gasteiger partial charge in [-0.05, 0) is 18.9 Å². The van der Waals surface area contributed by atoms with E-state index < -0.39 is 0 Å². The van der Waals surface area contributed by atoms with Crippen LogP contribution in [0, 0.1) is 11.3 Å². The largest absolute Gasteiger partial charge is 0.423 e. The Morgan fingerprint density at radius 3 is 2.64 bits per heavy atom. The molecule has 25 heavy (non-hydrogen) atoms. The molecule has 1 amide bonds. The zero-order valence-corrected chi connectivity index (χ0v) is 13.6. The van der Waals surface area contributed by atoms with Crippen molar-refractivity contribution in [2.24, 2.45) is 0 Å². The Labute approximate surface area is 143 Å². The van der Waals surface area contributed by atoms with Crippen molar-refractivity contribution in [3.05, 3.63) is 45.8 Å². The molecule has 8 heteroatoms. The number of anilines is 1. The van der Waals surface area contributed by atoms with Crippen LogP contribution in [-0.2, 0) is 0 Å². The minimum atomic E-state index is -0.234. The Bertz CT molecular complexity index is 877. The molecule has 2 aliphatic rings. The van der Waals surface area contributed by atoms with Crippen molar-refractivity contribution in [2.75, 3.05) is 31.1 Å². The maximum absolute atomic E-state index is 12.5. The number of hydrogen-bond donors (Lipinski definition) is 1. The van der Waals surface area contributed by atoms with Gasteiger partial charge >= 0.3 is 0 Å². The Balaban J connectivity index is 1.44. The van der Waals surface area contributed by atoms with Crippen molar-refractivity contribution in [3.63, 3.8) is 0 Å².